The van der Waals surface area contributed by atoms with Gasteiger partial charge in [-0.2, -0.15) is 5.10 Å². The van der Waals surface area contributed by atoms with Gasteiger partial charge in [0.05, 0.1) is 12.5 Å². The summed E-state index contributed by atoms with van der Waals surface area (Å²) >= 11 is 0. The zero-order valence-corrected chi connectivity index (χ0v) is 10.6. The number of nitrogens with zero attached hydrogens (tertiary/aromatic N) is 4. The number of hydrogen-bond acceptors (Lipinski definition) is 4. The van der Waals surface area contributed by atoms with Gasteiger partial charge in [0.25, 0.3) is 5.56 Å². The number of hydrogen-bond donors (Lipinski definition) is 0. The Hall–Kier alpha value is -1.98. The maximum absolute atomic E-state index is 12.1. The van der Waals surface area contributed by atoms with Crippen molar-refractivity contribution in [3.63, 3.8) is 0 Å². The van der Waals surface area contributed by atoms with E-state index in [0.29, 0.717) is 36.8 Å². The van der Waals surface area contributed by atoms with E-state index in [1.165, 1.54) is 17.1 Å². The molecule has 2 rings (SSSR count). The summed E-state index contributed by atoms with van der Waals surface area (Å²) in [7, 11) is 1.75. The summed E-state index contributed by atoms with van der Waals surface area (Å²) in [5.41, 5.74) is 0.484. The summed E-state index contributed by atoms with van der Waals surface area (Å²) in [6, 6.07) is 0. The van der Waals surface area contributed by atoms with Gasteiger partial charge in [-0.1, -0.05) is 6.92 Å². The summed E-state index contributed by atoms with van der Waals surface area (Å²) in [4.78, 5) is 27.5. The van der Waals surface area contributed by atoms with Crippen LogP contribution < -0.4 is 5.56 Å². The van der Waals surface area contributed by atoms with Crippen LogP contribution in [0.3, 0.4) is 0 Å². The Balaban J connectivity index is 2.17. The smallest absolute Gasteiger partial charge is 0.264 e. The molecule has 0 saturated heterocycles. The first kappa shape index (κ1) is 12.5. The van der Waals surface area contributed by atoms with E-state index in [1.54, 1.807) is 11.7 Å². The van der Waals surface area contributed by atoms with Gasteiger partial charge in [-0.3, -0.25) is 18.8 Å². The minimum Gasteiger partial charge on any atom is -0.300 e. The number of fused-ring (bicyclic) bond motifs is 1. The summed E-state index contributed by atoms with van der Waals surface area (Å²) < 4.78 is 3.11. The molecule has 2 aromatic heterocycles. The molecular weight excluding hydrogens is 232 g/mol. The van der Waals surface area contributed by atoms with E-state index in [-0.39, 0.29) is 11.3 Å². The highest BCUT2D eigenvalue weighted by molar-refractivity contribution is 5.77. The molecule has 0 unspecified atom stereocenters. The number of aryl methyl sites for hydroxylation is 2. The monoisotopic (exact) mass is 248 g/mol. The van der Waals surface area contributed by atoms with Crippen LogP contribution in [-0.2, 0) is 18.4 Å². The van der Waals surface area contributed by atoms with Crippen molar-refractivity contribution in [2.75, 3.05) is 0 Å². The Morgan fingerprint density at radius 1 is 1.44 bits per heavy atom. The third-order valence-corrected chi connectivity index (χ3v) is 2.97. The van der Waals surface area contributed by atoms with Crippen LogP contribution in [0.5, 0.6) is 0 Å². The van der Waals surface area contributed by atoms with E-state index in [1.807, 2.05) is 6.92 Å². The Kier molecular flexibility index (Phi) is 3.55. The van der Waals surface area contributed by atoms with Crippen LogP contribution in [-0.4, -0.2) is 25.1 Å². The largest absolute Gasteiger partial charge is 0.300 e. The molecule has 0 N–H and O–H groups in total. The fourth-order valence-corrected chi connectivity index (χ4v) is 1.85. The average molecular weight is 248 g/mol. The number of carbonyl (C=O) groups excluding carboxylic acids is 1. The van der Waals surface area contributed by atoms with Crippen LogP contribution in [0.4, 0.5) is 0 Å². The maximum atomic E-state index is 12.1. The van der Waals surface area contributed by atoms with Crippen molar-refractivity contribution in [2.24, 2.45) is 7.05 Å². The third-order valence-electron chi connectivity index (χ3n) is 2.97. The van der Waals surface area contributed by atoms with Gasteiger partial charge in [-0.15, -0.1) is 0 Å². The van der Waals surface area contributed by atoms with Crippen LogP contribution in [0.1, 0.15) is 26.2 Å². The standard InChI is InChI=1S/C12H16N4O2/c1-3-9(17)5-4-6-16-8-13-11-10(12(16)18)7-14-15(11)2/h7-8H,3-6H2,1-2H3. The van der Waals surface area contributed by atoms with E-state index in [0.717, 1.165) is 0 Å². The van der Waals surface area contributed by atoms with Gasteiger partial charge in [0.1, 0.15) is 11.2 Å². The fraction of sp³-hybridized carbons (Fsp3) is 0.500. The molecule has 0 spiro atoms. The number of rotatable bonds is 5. The molecule has 0 radical (unpaired) electrons. The first-order chi connectivity index (χ1) is 8.63. The molecular formula is C12H16N4O2. The lowest BCUT2D eigenvalue weighted by atomic mass is 10.2. The lowest BCUT2D eigenvalue weighted by molar-refractivity contribution is -0.118. The van der Waals surface area contributed by atoms with Gasteiger partial charge < -0.3 is 0 Å². The summed E-state index contributed by atoms with van der Waals surface area (Å²) in [5.74, 6) is 0.221. The quantitative estimate of drug-likeness (QED) is 0.788. The molecule has 0 aliphatic carbocycles. The van der Waals surface area contributed by atoms with Crippen molar-refractivity contribution in [3.8, 4) is 0 Å². The molecule has 6 nitrogen and oxygen atoms in total. The highest BCUT2D eigenvalue weighted by Crippen LogP contribution is 2.04. The molecule has 0 aliphatic rings. The minimum absolute atomic E-state index is 0.1000. The first-order valence-corrected chi connectivity index (χ1v) is 6.02. The van der Waals surface area contributed by atoms with Crippen LogP contribution in [0.15, 0.2) is 17.3 Å². The molecule has 6 heteroatoms. The van der Waals surface area contributed by atoms with Crippen LogP contribution >= 0.6 is 0 Å². The van der Waals surface area contributed by atoms with E-state index in [4.69, 9.17) is 0 Å². The molecule has 0 atom stereocenters. The Bertz CT molecular complexity index is 627. The average Bonchev–Trinajstić information content (AvgIpc) is 2.74. The maximum Gasteiger partial charge on any atom is 0.264 e. The Morgan fingerprint density at radius 3 is 2.94 bits per heavy atom. The van der Waals surface area contributed by atoms with Crippen LogP contribution in [0, 0.1) is 0 Å². The van der Waals surface area contributed by atoms with Crippen molar-refractivity contribution < 1.29 is 4.79 Å². The number of ketones is 1. The second kappa shape index (κ2) is 5.12. The molecule has 96 valence electrons. The molecule has 0 amide bonds. The molecule has 2 aromatic rings. The minimum atomic E-state index is -0.1000. The lowest BCUT2D eigenvalue weighted by Gasteiger charge is -2.04. The predicted octanol–water partition coefficient (Wildman–Crippen LogP) is 0.889. The Morgan fingerprint density at radius 2 is 2.22 bits per heavy atom. The molecule has 18 heavy (non-hydrogen) atoms. The summed E-state index contributed by atoms with van der Waals surface area (Å²) in [5, 5.41) is 4.52. The predicted molar refractivity (Wildman–Crippen MR) is 67.3 cm³/mol. The lowest BCUT2D eigenvalue weighted by Crippen LogP contribution is -2.20. The molecule has 0 fully saturated rings. The molecule has 0 aliphatic heterocycles. The summed E-state index contributed by atoms with van der Waals surface area (Å²) in [6.45, 7) is 2.36. The summed E-state index contributed by atoms with van der Waals surface area (Å²) in [6.07, 6.45) is 4.77. The van der Waals surface area contributed by atoms with Gasteiger partial charge in [0.2, 0.25) is 0 Å². The van der Waals surface area contributed by atoms with Crippen molar-refractivity contribution in [2.45, 2.75) is 32.7 Å². The zero-order chi connectivity index (χ0) is 13.1. The van der Waals surface area contributed by atoms with Crippen molar-refractivity contribution in [1.82, 2.24) is 19.3 Å². The van der Waals surface area contributed by atoms with E-state index in [9.17, 15) is 9.59 Å². The topological polar surface area (TPSA) is 69.8 Å². The number of aromatic nitrogens is 4. The second-order valence-electron chi connectivity index (χ2n) is 4.24. The second-order valence-corrected chi connectivity index (χ2v) is 4.24. The van der Waals surface area contributed by atoms with Gasteiger partial charge >= 0.3 is 0 Å². The molecule has 0 saturated carbocycles. The molecule has 0 aromatic carbocycles. The van der Waals surface area contributed by atoms with Gasteiger partial charge in [0.15, 0.2) is 5.65 Å². The normalized spacial score (nSPS) is 11.0. The van der Waals surface area contributed by atoms with Gasteiger partial charge in [0, 0.05) is 26.4 Å². The molecule has 0 bridgehead atoms. The number of Topliss-reactive ketones (excluding diaryl/α,β-unsaturated/α-hetero) is 1. The van der Waals surface area contributed by atoms with Crippen LogP contribution in [0.2, 0.25) is 0 Å². The zero-order valence-electron chi connectivity index (χ0n) is 10.6. The Labute approximate surface area is 104 Å². The van der Waals surface area contributed by atoms with E-state index in [2.05, 4.69) is 10.1 Å². The highest BCUT2D eigenvalue weighted by atomic mass is 16.1. The van der Waals surface area contributed by atoms with Crippen molar-refractivity contribution in [1.29, 1.82) is 0 Å². The van der Waals surface area contributed by atoms with Gasteiger partial charge in [-0.05, 0) is 6.42 Å². The third kappa shape index (κ3) is 2.32. The van der Waals surface area contributed by atoms with Crippen molar-refractivity contribution >= 4 is 16.8 Å². The van der Waals surface area contributed by atoms with Crippen LogP contribution in [0.25, 0.3) is 11.0 Å². The van der Waals surface area contributed by atoms with Gasteiger partial charge in [-0.25, -0.2) is 4.98 Å². The first-order valence-electron chi connectivity index (χ1n) is 6.02. The number of carbonyl (C=O) groups is 1. The molecule has 2 heterocycles. The SMILES string of the molecule is CCC(=O)CCCn1cnc2c(cnn2C)c1=O. The fourth-order valence-electron chi connectivity index (χ4n) is 1.85. The highest BCUT2D eigenvalue weighted by Gasteiger charge is 2.08. The van der Waals surface area contributed by atoms with E-state index >= 15 is 0 Å². The van der Waals surface area contributed by atoms with E-state index < -0.39 is 0 Å². The van der Waals surface area contributed by atoms with Crippen molar-refractivity contribution in [3.05, 3.63) is 22.9 Å².